The Bertz CT molecular complexity index is 811. The average Bonchev–Trinajstić information content (AvgIpc) is 2.38. The highest BCUT2D eigenvalue weighted by Gasteiger charge is 2.14. The number of carbonyl (C=O) groups is 1. The lowest BCUT2D eigenvalue weighted by Crippen LogP contribution is -2.17. The van der Waals surface area contributed by atoms with Gasteiger partial charge in [0.25, 0.3) is 10.1 Å². The molecular weight excluding hydrogens is 294 g/mol. The van der Waals surface area contributed by atoms with Crippen LogP contribution in [0.25, 0.3) is 10.8 Å². The second-order valence-corrected chi connectivity index (χ2v) is 6.42. The van der Waals surface area contributed by atoms with E-state index < -0.39 is 10.1 Å². The molecule has 112 valence electrons. The number of amides is 1. The van der Waals surface area contributed by atoms with Gasteiger partial charge in [0.1, 0.15) is 5.75 Å². The van der Waals surface area contributed by atoms with Gasteiger partial charge in [-0.2, -0.15) is 8.42 Å². The highest BCUT2D eigenvalue weighted by atomic mass is 32.2. The molecule has 0 saturated heterocycles. The summed E-state index contributed by atoms with van der Waals surface area (Å²) in [5.41, 5.74) is 0.496. The number of rotatable bonds is 3. The Morgan fingerprint density at radius 3 is 2.43 bits per heavy atom. The van der Waals surface area contributed by atoms with E-state index in [0.29, 0.717) is 16.5 Å². The Morgan fingerprint density at radius 2 is 1.86 bits per heavy atom. The normalized spacial score (nSPS) is 11.8. The van der Waals surface area contributed by atoms with Crippen LogP contribution in [0.1, 0.15) is 13.8 Å². The molecule has 6 nitrogen and oxygen atoms in total. The van der Waals surface area contributed by atoms with E-state index in [1.807, 2.05) is 0 Å². The van der Waals surface area contributed by atoms with Crippen LogP contribution in [0, 0.1) is 5.92 Å². The molecule has 1 amide bonds. The smallest absolute Gasteiger partial charge is 0.294 e. The molecule has 0 heterocycles. The van der Waals surface area contributed by atoms with Gasteiger partial charge in [-0.15, -0.1) is 0 Å². The van der Waals surface area contributed by atoms with Crippen molar-refractivity contribution in [3.05, 3.63) is 30.3 Å². The molecule has 21 heavy (non-hydrogen) atoms. The van der Waals surface area contributed by atoms with E-state index in [4.69, 9.17) is 4.55 Å². The highest BCUT2D eigenvalue weighted by molar-refractivity contribution is 7.85. The minimum absolute atomic E-state index is 0.164. The van der Waals surface area contributed by atoms with Gasteiger partial charge in [0, 0.05) is 23.1 Å². The molecule has 0 saturated carbocycles. The molecule has 0 aliphatic heterocycles. The van der Waals surface area contributed by atoms with Gasteiger partial charge in [0.05, 0.1) is 4.90 Å². The number of anilines is 1. The van der Waals surface area contributed by atoms with Crippen LogP contribution in [0.2, 0.25) is 0 Å². The second kappa shape index (κ2) is 5.34. The van der Waals surface area contributed by atoms with Crippen molar-refractivity contribution in [3.63, 3.8) is 0 Å². The summed E-state index contributed by atoms with van der Waals surface area (Å²) in [6.45, 7) is 3.51. The fourth-order valence-electron chi connectivity index (χ4n) is 1.82. The lowest BCUT2D eigenvalue weighted by atomic mass is 10.1. The molecule has 2 aromatic carbocycles. The standard InChI is InChI=1S/C14H15NO5S/c1-8(2)14(17)15-10-4-3-9-5-11(21(18,19)20)7-13(16)12(9)6-10/h3-8,16H,1-2H3,(H,15,17)(H,18,19,20). The van der Waals surface area contributed by atoms with Crippen molar-refractivity contribution in [2.24, 2.45) is 5.92 Å². The molecule has 0 spiro atoms. The molecule has 0 atom stereocenters. The molecule has 2 rings (SSSR count). The zero-order valence-corrected chi connectivity index (χ0v) is 12.3. The van der Waals surface area contributed by atoms with Crippen molar-refractivity contribution >= 4 is 32.5 Å². The average molecular weight is 309 g/mol. The molecule has 0 bridgehead atoms. The number of nitrogens with one attached hydrogen (secondary N) is 1. The third kappa shape index (κ3) is 3.32. The Kier molecular flexibility index (Phi) is 3.89. The van der Waals surface area contributed by atoms with Crippen molar-refractivity contribution in [2.75, 3.05) is 5.32 Å². The van der Waals surface area contributed by atoms with Crippen molar-refractivity contribution in [1.29, 1.82) is 0 Å². The van der Waals surface area contributed by atoms with E-state index in [2.05, 4.69) is 5.32 Å². The fourth-order valence-corrected chi connectivity index (χ4v) is 2.36. The van der Waals surface area contributed by atoms with E-state index in [0.717, 1.165) is 6.07 Å². The molecule has 3 N–H and O–H groups in total. The molecule has 2 aromatic rings. The van der Waals surface area contributed by atoms with Gasteiger partial charge in [-0.3, -0.25) is 9.35 Å². The van der Waals surface area contributed by atoms with Crippen LogP contribution in [0.4, 0.5) is 5.69 Å². The van der Waals surface area contributed by atoms with Crippen LogP contribution in [-0.2, 0) is 14.9 Å². The SMILES string of the molecule is CC(C)C(=O)Nc1ccc2cc(S(=O)(=O)O)cc(O)c2c1. The summed E-state index contributed by atoms with van der Waals surface area (Å²) in [5.74, 6) is -0.639. The van der Waals surface area contributed by atoms with E-state index in [-0.39, 0.29) is 22.5 Å². The first-order chi connectivity index (χ1) is 9.68. The first kappa shape index (κ1) is 15.3. The monoisotopic (exact) mass is 309 g/mol. The number of benzene rings is 2. The Labute approximate surface area is 122 Å². The lowest BCUT2D eigenvalue weighted by molar-refractivity contribution is -0.118. The molecule has 0 unspecified atom stereocenters. The lowest BCUT2D eigenvalue weighted by Gasteiger charge is -2.10. The zero-order chi connectivity index (χ0) is 15.8. The summed E-state index contributed by atoms with van der Waals surface area (Å²) in [4.78, 5) is 11.2. The molecule has 0 aliphatic carbocycles. The van der Waals surface area contributed by atoms with Crippen LogP contribution in [0.5, 0.6) is 5.75 Å². The predicted octanol–water partition coefficient (Wildman–Crippen LogP) is 2.39. The number of fused-ring (bicyclic) bond motifs is 1. The Hall–Kier alpha value is -2.12. The van der Waals surface area contributed by atoms with Crippen molar-refractivity contribution in [1.82, 2.24) is 0 Å². The summed E-state index contributed by atoms with van der Waals surface area (Å²) in [7, 11) is -4.39. The maximum absolute atomic E-state index is 11.6. The first-order valence-corrected chi connectivity index (χ1v) is 7.67. The second-order valence-electron chi connectivity index (χ2n) is 5.00. The Balaban J connectivity index is 2.50. The van der Waals surface area contributed by atoms with Gasteiger partial charge in [-0.05, 0) is 23.6 Å². The van der Waals surface area contributed by atoms with Crippen LogP contribution in [0.3, 0.4) is 0 Å². The third-order valence-corrected chi connectivity index (χ3v) is 3.83. The topological polar surface area (TPSA) is 104 Å². The fraction of sp³-hybridized carbons (Fsp3) is 0.214. The van der Waals surface area contributed by atoms with Gasteiger partial charge in [0.2, 0.25) is 5.91 Å². The number of phenolic OH excluding ortho intramolecular Hbond substituents is 1. The number of hydrogen-bond acceptors (Lipinski definition) is 4. The molecule has 0 fully saturated rings. The predicted molar refractivity (Wildman–Crippen MR) is 78.9 cm³/mol. The maximum atomic E-state index is 11.6. The van der Waals surface area contributed by atoms with Gasteiger partial charge in [-0.1, -0.05) is 19.9 Å². The summed E-state index contributed by atoms with van der Waals surface area (Å²) >= 11 is 0. The molecule has 0 radical (unpaired) electrons. The number of phenols is 1. The third-order valence-electron chi connectivity index (χ3n) is 3.00. The number of carbonyl (C=O) groups excluding carboxylic acids is 1. The summed E-state index contributed by atoms with van der Waals surface area (Å²) in [5, 5.41) is 13.4. The van der Waals surface area contributed by atoms with Gasteiger partial charge >= 0.3 is 0 Å². The maximum Gasteiger partial charge on any atom is 0.294 e. The summed E-state index contributed by atoms with van der Waals surface area (Å²) in [6, 6.07) is 6.90. The number of hydrogen-bond donors (Lipinski definition) is 3. The number of aromatic hydroxyl groups is 1. The van der Waals surface area contributed by atoms with Gasteiger partial charge in [-0.25, -0.2) is 0 Å². The Morgan fingerprint density at radius 1 is 1.19 bits per heavy atom. The zero-order valence-electron chi connectivity index (χ0n) is 11.5. The first-order valence-electron chi connectivity index (χ1n) is 6.23. The van der Waals surface area contributed by atoms with Gasteiger partial charge < -0.3 is 10.4 Å². The van der Waals surface area contributed by atoms with Crippen molar-refractivity contribution in [3.8, 4) is 5.75 Å². The van der Waals surface area contributed by atoms with Crippen molar-refractivity contribution < 1.29 is 22.9 Å². The van der Waals surface area contributed by atoms with Crippen LogP contribution >= 0.6 is 0 Å². The molecule has 7 heteroatoms. The summed E-state index contributed by atoms with van der Waals surface area (Å²) in [6.07, 6.45) is 0. The van der Waals surface area contributed by atoms with E-state index in [1.54, 1.807) is 32.0 Å². The van der Waals surface area contributed by atoms with Crippen LogP contribution in [0.15, 0.2) is 35.2 Å². The molecule has 0 aromatic heterocycles. The van der Waals surface area contributed by atoms with Crippen LogP contribution in [-0.4, -0.2) is 24.0 Å². The van der Waals surface area contributed by atoms with Crippen LogP contribution < -0.4 is 5.32 Å². The van der Waals surface area contributed by atoms with E-state index in [1.165, 1.54) is 6.07 Å². The van der Waals surface area contributed by atoms with E-state index in [9.17, 15) is 18.3 Å². The summed E-state index contributed by atoms with van der Waals surface area (Å²) < 4.78 is 31.2. The largest absolute Gasteiger partial charge is 0.507 e. The van der Waals surface area contributed by atoms with E-state index >= 15 is 0 Å². The quantitative estimate of drug-likeness (QED) is 0.755. The minimum Gasteiger partial charge on any atom is -0.507 e. The minimum atomic E-state index is -4.39. The molecular formula is C14H15NO5S. The van der Waals surface area contributed by atoms with Gasteiger partial charge in [0.15, 0.2) is 0 Å². The van der Waals surface area contributed by atoms with Crippen molar-refractivity contribution in [2.45, 2.75) is 18.7 Å². The highest BCUT2D eigenvalue weighted by Crippen LogP contribution is 2.30. The molecule has 0 aliphatic rings.